The zero-order valence-electron chi connectivity index (χ0n) is 13.9. The van der Waals surface area contributed by atoms with Crippen LogP contribution >= 0.6 is 0 Å². The van der Waals surface area contributed by atoms with Crippen LogP contribution in [0.25, 0.3) is 0 Å². The number of ketones is 1. The van der Waals surface area contributed by atoms with E-state index in [1.807, 2.05) is 0 Å². The van der Waals surface area contributed by atoms with Crippen molar-refractivity contribution >= 4 is 29.3 Å². The minimum absolute atomic E-state index is 0.0734. The number of rotatable bonds is 6. The van der Waals surface area contributed by atoms with Gasteiger partial charge in [-0.3, -0.25) is 19.2 Å². The van der Waals surface area contributed by atoms with E-state index in [1.165, 1.54) is 12.3 Å². The van der Waals surface area contributed by atoms with Crippen LogP contribution in [0.3, 0.4) is 0 Å². The molecule has 1 aliphatic heterocycles. The van der Waals surface area contributed by atoms with Crippen molar-refractivity contribution in [1.82, 2.24) is 5.32 Å². The molecule has 0 spiro atoms. The SMILES string of the molecule is C[C@@H]1C(=O)Nc2ccc(C(=O)COC(=O)CNC(=O)c3ccco3)cc21. The standard InChI is InChI=1S/C18H16N2O6/c1-10-12-7-11(4-5-13(12)20-17(10)23)14(21)9-26-16(22)8-19-18(24)15-3-2-6-25-15/h2-7,10H,8-9H2,1H3,(H,19,24)(H,20,23)/t10-/m0/s1. The van der Waals surface area contributed by atoms with Crippen LogP contribution in [-0.2, 0) is 14.3 Å². The molecule has 2 aromatic rings. The zero-order valence-corrected chi connectivity index (χ0v) is 13.9. The van der Waals surface area contributed by atoms with Crippen LogP contribution in [0.5, 0.6) is 0 Å². The van der Waals surface area contributed by atoms with Crippen LogP contribution in [0.2, 0.25) is 0 Å². The second kappa shape index (κ2) is 7.22. The van der Waals surface area contributed by atoms with E-state index in [9.17, 15) is 19.2 Å². The smallest absolute Gasteiger partial charge is 0.325 e. The number of benzene rings is 1. The molecule has 8 nitrogen and oxygen atoms in total. The number of Topliss-reactive ketones (excluding diaryl/α,β-unsaturated/α-hetero) is 1. The summed E-state index contributed by atoms with van der Waals surface area (Å²) in [6.07, 6.45) is 1.34. The number of carbonyl (C=O) groups is 4. The minimum Gasteiger partial charge on any atom is -0.459 e. The molecule has 3 rings (SSSR count). The molecule has 2 N–H and O–H groups in total. The Bertz CT molecular complexity index is 872. The van der Waals surface area contributed by atoms with Crippen molar-refractivity contribution in [3.63, 3.8) is 0 Å². The number of carbonyl (C=O) groups excluding carboxylic acids is 4. The van der Waals surface area contributed by atoms with Gasteiger partial charge in [0.2, 0.25) is 5.91 Å². The van der Waals surface area contributed by atoms with Crippen molar-refractivity contribution in [2.24, 2.45) is 0 Å². The van der Waals surface area contributed by atoms with Crippen LogP contribution in [0.4, 0.5) is 5.69 Å². The van der Waals surface area contributed by atoms with Crippen molar-refractivity contribution < 1.29 is 28.3 Å². The summed E-state index contributed by atoms with van der Waals surface area (Å²) in [5.74, 6) is -2.08. The van der Waals surface area contributed by atoms with Gasteiger partial charge in [-0.2, -0.15) is 0 Å². The van der Waals surface area contributed by atoms with Crippen LogP contribution in [0.15, 0.2) is 41.0 Å². The second-order valence-electron chi connectivity index (χ2n) is 5.76. The topological polar surface area (TPSA) is 115 Å². The molecule has 0 radical (unpaired) electrons. The van der Waals surface area contributed by atoms with Gasteiger partial charge in [0.1, 0.15) is 6.54 Å². The highest BCUT2D eigenvalue weighted by Gasteiger charge is 2.27. The van der Waals surface area contributed by atoms with Crippen molar-refractivity contribution in [2.75, 3.05) is 18.5 Å². The maximum atomic E-state index is 12.2. The van der Waals surface area contributed by atoms with Crippen molar-refractivity contribution in [3.8, 4) is 0 Å². The van der Waals surface area contributed by atoms with E-state index < -0.39 is 24.3 Å². The summed E-state index contributed by atoms with van der Waals surface area (Å²) in [7, 11) is 0. The zero-order chi connectivity index (χ0) is 18.7. The first kappa shape index (κ1) is 17.4. The van der Waals surface area contributed by atoms with Gasteiger partial charge in [-0.1, -0.05) is 0 Å². The number of nitrogens with one attached hydrogen (secondary N) is 2. The van der Waals surface area contributed by atoms with E-state index in [4.69, 9.17) is 9.15 Å². The van der Waals surface area contributed by atoms with Crippen LogP contribution < -0.4 is 10.6 Å². The monoisotopic (exact) mass is 356 g/mol. The summed E-state index contributed by atoms with van der Waals surface area (Å²) in [6, 6.07) is 7.83. The number of amides is 2. The molecule has 0 saturated carbocycles. The Morgan fingerprint density at radius 3 is 2.81 bits per heavy atom. The lowest BCUT2D eigenvalue weighted by Crippen LogP contribution is -2.31. The third-order valence-electron chi connectivity index (χ3n) is 3.99. The van der Waals surface area contributed by atoms with E-state index in [0.717, 1.165) is 5.56 Å². The number of ether oxygens (including phenoxy) is 1. The van der Waals surface area contributed by atoms with Crippen LogP contribution in [-0.4, -0.2) is 36.7 Å². The molecule has 1 atom stereocenters. The predicted octanol–water partition coefficient (Wildman–Crippen LogP) is 1.49. The molecule has 2 heterocycles. The molecular formula is C18H16N2O6. The van der Waals surface area contributed by atoms with Gasteiger partial charge in [0.15, 0.2) is 18.2 Å². The molecule has 0 fully saturated rings. The number of fused-ring (bicyclic) bond motifs is 1. The molecule has 0 unspecified atom stereocenters. The fourth-order valence-electron chi connectivity index (χ4n) is 2.52. The molecule has 2 amide bonds. The lowest BCUT2D eigenvalue weighted by atomic mass is 9.99. The molecular weight excluding hydrogens is 340 g/mol. The summed E-state index contributed by atoms with van der Waals surface area (Å²) in [4.78, 5) is 47.1. The highest BCUT2D eigenvalue weighted by Crippen LogP contribution is 2.32. The average molecular weight is 356 g/mol. The van der Waals surface area contributed by atoms with E-state index in [1.54, 1.807) is 31.2 Å². The Hall–Kier alpha value is -3.42. The van der Waals surface area contributed by atoms with E-state index in [2.05, 4.69) is 10.6 Å². The molecule has 0 bridgehead atoms. The van der Waals surface area contributed by atoms with Gasteiger partial charge in [0, 0.05) is 11.3 Å². The third kappa shape index (κ3) is 3.64. The van der Waals surface area contributed by atoms with Crippen molar-refractivity contribution in [3.05, 3.63) is 53.5 Å². The molecule has 134 valence electrons. The maximum absolute atomic E-state index is 12.2. The predicted molar refractivity (Wildman–Crippen MR) is 89.8 cm³/mol. The third-order valence-corrected chi connectivity index (χ3v) is 3.99. The minimum atomic E-state index is -0.746. The number of hydrogen-bond donors (Lipinski definition) is 2. The van der Waals surface area contributed by atoms with Gasteiger partial charge in [0.05, 0.1) is 12.2 Å². The number of anilines is 1. The van der Waals surface area contributed by atoms with E-state index in [-0.39, 0.29) is 24.1 Å². The number of hydrogen-bond acceptors (Lipinski definition) is 6. The van der Waals surface area contributed by atoms with Gasteiger partial charge in [-0.25, -0.2) is 0 Å². The molecule has 1 aliphatic rings. The fourth-order valence-corrected chi connectivity index (χ4v) is 2.52. The summed E-state index contributed by atoms with van der Waals surface area (Å²) in [6.45, 7) is 0.910. The molecule has 8 heteroatoms. The number of furan rings is 1. The highest BCUT2D eigenvalue weighted by molar-refractivity contribution is 6.05. The first-order valence-electron chi connectivity index (χ1n) is 7.91. The largest absolute Gasteiger partial charge is 0.459 e. The van der Waals surface area contributed by atoms with Gasteiger partial charge >= 0.3 is 5.97 Å². The first-order chi connectivity index (χ1) is 12.5. The Labute approximate surface area is 148 Å². The average Bonchev–Trinajstić information content (AvgIpc) is 3.26. The van der Waals surface area contributed by atoms with E-state index >= 15 is 0 Å². The van der Waals surface area contributed by atoms with Gasteiger partial charge < -0.3 is 19.8 Å². The van der Waals surface area contributed by atoms with Crippen LogP contribution in [0, 0.1) is 0 Å². The lowest BCUT2D eigenvalue weighted by molar-refractivity contribution is -0.141. The number of esters is 1. The summed E-state index contributed by atoms with van der Waals surface area (Å²) in [5.41, 5.74) is 1.76. The molecule has 1 aromatic carbocycles. The Kier molecular flexibility index (Phi) is 4.83. The van der Waals surface area contributed by atoms with Crippen LogP contribution in [0.1, 0.15) is 39.3 Å². The summed E-state index contributed by atoms with van der Waals surface area (Å²) >= 11 is 0. The second-order valence-corrected chi connectivity index (χ2v) is 5.76. The normalized spacial score (nSPS) is 15.1. The van der Waals surface area contributed by atoms with E-state index in [0.29, 0.717) is 11.3 Å². The Morgan fingerprint density at radius 1 is 1.27 bits per heavy atom. The molecule has 26 heavy (non-hydrogen) atoms. The van der Waals surface area contributed by atoms with Gasteiger partial charge in [0.25, 0.3) is 5.91 Å². The summed E-state index contributed by atoms with van der Waals surface area (Å²) in [5, 5.41) is 5.05. The molecule has 1 aromatic heterocycles. The maximum Gasteiger partial charge on any atom is 0.325 e. The highest BCUT2D eigenvalue weighted by atomic mass is 16.5. The van der Waals surface area contributed by atoms with Crippen molar-refractivity contribution in [2.45, 2.75) is 12.8 Å². The van der Waals surface area contributed by atoms with Crippen molar-refractivity contribution in [1.29, 1.82) is 0 Å². The fraction of sp³-hybridized carbons (Fsp3) is 0.222. The first-order valence-corrected chi connectivity index (χ1v) is 7.91. The Balaban J connectivity index is 1.50. The molecule has 0 aliphatic carbocycles. The van der Waals surface area contributed by atoms with Gasteiger partial charge in [-0.15, -0.1) is 0 Å². The lowest BCUT2D eigenvalue weighted by Gasteiger charge is -2.07. The molecule has 0 saturated heterocycles. The summed E-state index contributed by atoms with van der Waals surface area (Å²) < 4.78 is 9.77. The Morgan fingerprint density at radius 2 is 2.08 bits per heavy atom. The van der Waals surface area contributed by atoms with Gasteiger partial charge in [-0.05, 0) is 42.8 Å². The quantitative estimate of drug-likeness (QED) is 0.599.